The molecule has 0 unspecified atom stereocenters. The molecule has 0 heterocycles. The normalized spacial score (nSPS) is 22.9. The molecule has 0 aromatic carbocycles. The number of rotatable bonds is 3. The Morgan fingerprint density at radius 2 is 1.91 bits per heavy atom. The van der Waals surface area contributed by atoms with Crippen LogP contribution in [-0.2, 0) is 4.74 Å². The summed E-state index contributed by atoms with van der Waals surface area (Å²) in [5.41, 5.74) is 0.175. The van der Waals surface area contributed by atoms with E-state index in [-0.39, 0.29) is 5.60 Å². The predicted molar refractivity (Wildman–Crippen MR) is 51.2 cm³/mol. The first-order chi connectivity index (χ1) is 5.18. The molecule has 66 valence electrons. The number of hydrogen-bond acceptors (Lipinski definition) is 1. The summed E-state index contributed by atoms with van der Waals surface area (Å²) in [4.78, 5) is 0. The van der Waals surface area contributed by atoms with Crippen molar-refractivity contribution in [3.63, 3.8) is 0 Å². The molecule has 1 saturated carbocycles. The third-order valence-electron chi connectivity index (χ3n) is 2.24. The van der Waals surface area contributed by atoms with Crippen LogP contribution in [0.1, 0.15) is 39.5 Å². The molecule has 0 radical (unpaired) electrons. The van der Waals surface area contributed by atoms with E-state index in [4.69, 9.17) is 4.74 Å². The molecule has 2 heteroatoms. The van der Waals surface area contributed by atoms with Gasteiger partial charge in [-0.3, -0.25) is 0 Å². The van der Waals surface area contributed by atoms with Gasteiger partial charge in [0, 0.05) is 5.33 Å². The van der Waals surface area contributed by atoms with E-state index in [9.17, 15) is 0 Å². The van der Waals surface area contributed by atoms with Gasteiger partial charge in [-0.1, -0.05) is 28.8 Å². The third-order valence-corrected chi connectivity index (χ3v) is 3.27. The monoisotopic (exact) mass is 220 g/mol. The molecule has 0 saturated heterocycles. The van der Waals surface area contributed by atoms with Gasteiger partial charge in [0.1, 0.15) is 0 Å². The lowest BCUT2D eigenvalue weighted by Crippen LogP contribution is -2.33. The van der Waals surface area contributed by atoms with Crippen LogP contribution >= 0.6 is 15.9 Å². The van der Waals surface area contributed by atoms with Crippen LogP contribution in [0.25, 0.3) is 0 Å². The van der Waals surface area contributed by atoms with Crippen molar-refractivity contribution in [3.8, 4) is 0 Å². The van der Waals surface area contributed by atoms with Gasteiger partial charge in [0.15, 0.2) is 0 Å². The lowest BCUT2D eigenvalue weighted by atomic mass is 10.1. The highest BCUT2D eigenvalue weighted by atomic mass is 79.9. The van der Waals surface area contributed by atoms with Crippen molar-refractivity contribution >= 4 is 15.9 Å². The highest BCUT2D eigenvalue weighted by molar-refractivity contribution is 9.09. The van der Waals surface area contributed by atoms with Crippen LogP contribution in [0.15, 0.2) is 0 Å². The maximum Gasteiger partial charge on any atom is 0.0782 e. The van der Waals surface area contributed by atoms with Crippen LogP contribution in [0.4, 0.5) is 0 Å². The zero-order valence-electron chi connectivity index (χ0n) is 7.40. The summed E-state index contributed by atoms with van der Waals surface area (Å²) in [5, 5.41) is 0.998. The molecular weight excluding hydrogens is 204 g/mol. The number of ether oxygens (including phenoxy) is 1. The molecule has 0 spiro atoms. The summed E-state index contributed by atoms with van der Waals surface area (Å²) in [6.45, 7) is 4.23. The van der Waals surface area contributed by atoms with Gasteiger partial charge in [-0.05, 0) is 26.7 Å². The minimum absolute atomic E-state index is 0.175. The minimum atomic E-state index is 0.175. The first kappa shape index (κ1) is 9.53. The van der Waals surface area contributed by atoms with Gasteiger partial charge in [-0.2, -0.15) is 0 Å². The average Bonchev–Trinajstić information content (AvgIpc) is 2.36. The Morgan fingerprint density at radius 1 is 1.36 bits per heavy atom. The molecule has 0 atom stereocenters. The van der Waals surface area contributed by atoms with Crippen molar-refractivity contribution in [2.45, 2.75) is 51.2 Å². The summed E-state index contributed by atoms with van der Waals surface area (Å²) in [5.74, 6) is 0. The zero-order chi connectivity index (χ0) is 8.32. The van der Waals surface area contributed by atoms with Gasteiger partial charge < -0.3 is 4.74 Å². The molecule has 1 fully saturated rings. The smallest absolute Gasteiger partial charge is 0.0782 e. The lowest BCUT2D eigenvalue weighted by molar-refractivity contribution is -0.0586. The Hall–Kier alpha value is 0.440. The van der Waals surface area contributed by atoms with Crippen LogP contribution in [0.3, 0.4) is 0 Å². The molecule has 0 aliphatic heterocycles. The Morgan fingerprint density at radius 3 is 2.27 bits per heavy atom. The summed E-state index contributed by atoms with van der Waals surface area (Å²) in [7, 11) is 0. The zero-order valence-corrected chi connectivity index (χ0v) is 8.99. The van der Waals surface area contributed by atoms with Gasteiger partial charge in [0.25, 0.3) is 0 Å². The number of hydrogen-bond donors (Lipinski definition) is 0. The molecular formula is C9H17BrO. The molecule has 0 amide bonds. The van der Waals surface area contributed by atoms with Crippen LogP contribution in [0.5, 0.6) is 0 Å². The van der Waals surface area contributed by atoms with E-state index in [0.717, 1.165) is 5.33 Å². The SMILES string of the molecule is CC(C)OC1(CBr)CCCC1. The number of alkyl halides is 1. The first-order valence-corrected chi connectivity index (χ1v) is 5.54. The molecule has 0 aromatic rings. The van der Waals surface area contributed by atoms with Gasteiger partial charge in [0.2, 0.25) is 0 Å². The van der Waals surface area contributed by atoms with Gasteiger partial charge in [-0.25, -0.2) is 0 Å². The third kappa shape index (κ3) is 2.45. The Bertz CT molecular complexity index is 117. The van der Waals surface area contributed by atoms with Crippen molar-refractivity contribution in [2.24, 2.45) is 0 Å². The average molecular weight is 221 g/mol. The lowest BCUT2D eigenvalue weighted by Gasteiger charge is -2.29. The molecule has 0 bridgehead atoms. The minimum Gasteiger partial charge on any atom is -0.371 e. The molecule has 1 rings (SSSR count). The predicted octanol–water partition coefficient (Wildman–Crippen LogP) is 3.12. The fourth-order valence-corrected chi connectivity index (χ4v) is 2.50. The Labute approximate surface area is 77.6 Å². The molecule has 0 N–H and O–H groups in total. The van der Waals surface area contributed by atoms with E-state index in [1.807, 2.05) is 0 Å². The standard InChI is InChI=1S/C9H17BrO/c1-8(2)11-9(7-10)5-3-4-6-9/h8H,3-7H2,1-2H3. The fraction of sp³-hybridized carbons (Fsp3) is 1.00. The maximum atomic E-state index is 5.90. The van der Waals surface area contributed by atoms with Crippen LogP contribution in [0, 0.1) is 0 Å². The summed E-state index contributed by atoms with van der Waals surface area (Å²) in [6, 6.07) is 0. The second kappa shape index (κ2) is 3.90. The van der Waals surface area contributed by atoms with Gasteiger partial charge >= 0.3 is 0 Å². The van der Waals surface area contributed by atoms with Crippen molar-refractivity contribution in [3.05, 3.63) is 0 Å². The van der Waals surface area contributed by atoms with Crippen LogP contribution in [0.2, 0.25) is 0 Å². The second-order valence-corrected chi connectivity index (χ2v) is 4.25. The van der Waals surface area contributed by atoms with E-state index in [1.165, 1.54) is 25.7 Å². The molecule has 1 aliphatic carbocycles. The second-order valence-electron chi connectivity index (χ2n) is 3.69. The van der Waals surface area contributed by atoms with Gasteiger partial charge in [0.05, 0.1) is 11.7 Å². The summed E-state index contributed by atoms with van der Waals surface area (Å²) >= 11 is 3.54. The quantitative estimate of drug-likeness (QED) is 0.665. The van der Waals surface area contributed by atoms with Crippen molar-refractivity contribution in [1.29, 1.82) is 0 Å². The van der Waals surface area contributed by atoms with Gasteiger partial charge in [-0.15, -0.1) is 0 Å². The topological polar surface area (TPSA) is 9.23 Å². The van der Waals surface area contributed by atoms with Crippen molar-refractivity contribution in [1.82, 2.24) is 0 Å². The molecule has 1 nitrogen and oxygen atoms in total. The Balaban J connectivity index is 2.45. The summed E-state index contributed by atoms with van der Waals surface area (Å²) < 4.78 is 5.90. The molecule has 0 aromatic heterocycles. The number of halogens is 1. The summed E-state index contributed by atoms with van der Waals surface area (Å²) in [6.07, 6.45) is 5.49. The van der Waals surface area contributed by atoms with E-state index in [1.54, 1.807) is 0 Å². The van der Waals surface area contributed by atoms with Crippen molar-refractivity contribution in [2.75, 3.05) is 5.33 Å². The first-order valence-electron chi connectivity index (χ1n) is 4.42. The van der Waals surface area contributed by atoms with Crippen LogP contribution in [-0.4, -0.2) is 17.0 Å². The fourth-order valence-electron chi connectivity index (χ4n) is 1.80. The van der Waals surface area contributed by atoms with E-state index in [0.29, 0.717) is 6.10 Å². The molecule has 1 aliphatic rings. The highest BCUT2D eigenvalue weighted by Gasteiger charge is 2.34. The van der Waals surface area contributed by atoms with Crippen molar-refractivity contribution < 1.29 is 4.74 Å². The maximum absolute atomic E-state index is 5.90. The van der Waals surface area contributed by atoms with Crippen LogP contribution < -0.4 is 0 Å². The highest BCUT2D eigenvalue weighted by Crippen LogP contribution is 2.35. The molecule has 11 heavy (non-hydrogen) atoms. The van der Waals surface area contributed by atoms with E-state index < -0.39 is 0 Å². The van der Waals surface area contributed by atoms with E-state index >= 15 is 0 Å². The Kier molecular flexibility index (Phi) is 3.38. The van der Waals surface area contributed by atoms with E-state index in [2.05, 4.69) is 29.8 Å². The largest absolute Gasteiger partial charge is 0.371 e.